The first-order valence-electron chi connectivity index (χ1n) is 5.89. The Kier molecular flexibility index (Phi) is 4.13. The van der Waals surface area contributed by atoms with Gasteiger partial charge >= 0.3 is 6.18 Å². The molecule has 9 heteroatoms. The maximum atomic E-state index is 12.4. The maximum absolute atomic E-state index is 12.4. The molecule has 2 aromatic rings. The first-order valence-corrected chi connectivity index (χ1v) is 5.89. The van der Waals surface area contributed by atoms with E-state index in [9.17, 15) is 13.2 Å². The number of nitrogens with two attached hydrogens (primary N) is 2. The molecule has 6 nitrogen and oxygen atoms in total. The molecule has 0 bridgehead atoms. The lowest BCUT2D eigenvalue weighted by Gasteiger charge is -2.10. The van der Waals surface area contributed by atoms with Crippen LogP contribution in [0.15, 0.2) is 30.3 Å². The summed E-state index contributed by atoms with van der Waals surface area (Å²) in [6.45, 7) is 0.290. The number of nitrogen functional groups attached to an aromatic ring is 2. The molecule has 0 aliphatic carbocycles. The van der Waals surface area contributed by atoms with E-state index in [2.05, 4.69) is 20.7 Å². The van der Waals surface area contributed by atoms with Crippen molar-refractivity contribution in [3.63, 3.8) is 0 Å². The smallest absolute Gasteiger partial charge is 0.368 e. The summed E-state index contributed by atoms with van der Waals surface area (Å²) in [6.07, 6.45) is -4.34. The van der Waals surface area contributed by atoms with Crippen molar-refractivity contribution in [1.29, 1.82) is 0 Å². The van der Waals surface area contributed by atoms with Crippen LogP contribution in [0, 0.1) is 0 Å². The second-order valence-electron chi connectivity index (χ2n) is 4.19. The van der Waals surface area contributed by atoms with Crippen LogP contribution in [0.2, 0.25) is 0 Å². The van der Waals surface area contributed by atoms with Crippen molar-refractivity contribution < 1.29 is 13.2 Å². The number of nitrogens with one attached hydrogen (secondary N) is 2. The van der Waals surface area contributed by atoms with Gasteiger partial charge in [0, 0.05) is 12.6 Å². The number of hydrogen-bond donors (Lipinski definition) is 4. The van der Waals surface area contributed by atoms with Crippen molar-refractivity contribution in [3.05, 3.63) is 41.5 Å². The van der Waals surface area contributed by atoms with Gasteiger partial charge in [-0.2, -0.15) is 23.1 Å². The van der Waals surface area contributed by atoms with Crippen molar-refractivity contribution in [2.75, 3.05) is 16.5 Å². The van der Waals surface area contributed by atoms with Gasteiger partial charge in [0.15, 0.2) is 0 Å². The molecule has 21 heavy (non-hydrogen) atoms. The van der Waals surface area contributed by atoms with E-state index in [0.29, 0.717) is 23.7 Å². The second kappa shape index (κ2) is 5.83. The summed E-state index contributed by atoms with van der Waals surface area (Å²) < 4.78 is 37.3. The van der Waals surface area contributed by atoms with Gasteiger partial charge in [0.2, 0.25) is 5.95 Å². The molecule has 112 valence electrons. The number of halogens is 3. The fourth-order valence-corrected chi connectivity index (χ4v) is 1.63. The van der Waals surface area contributed by atoms with Crippen molar-refractivity contribution >= 4 is 17.6 Å². The number of nitrogens with zero attached hydrogens (tertiary/aromatic N) is 2. The average molecular weight is 298 g/mol. The molecule has 0 aliphatic heterocycles. The maximum Gasteiger partial charge on any atom is 0.416 e. The van der Waals surface area contributed by atoms with Crippen LogP contribution >= 0.6 is 0 Å². The first-order chi connectivity index (χ1) is 9.88. The Balaban J connectivity index is 2.05. The summed E-state index contributed by atoms with van der Waals surface area (Å²) in [5.74, 6) is 5.99. The van der Waals surface area contributed by atoms with E-state index in [4.69, 9.17) is 11.6 Å². The van der Waals surface area contributed by atoms with Crippen molar-refractivity contribution in [2.24, 2.45) is 5.84 Å². The van der Waals surface area contributed by atoms with Gasteiger partial charge in [-0.25, -0.2) is 5.84 Å². The Labute approximate surface area is 118 Å². The monoisotopic (exact) mass is 298 g/mol. The second-order valence-corrected chi connectivity index (χ2v) is 4.19. The average Bonchev–Trinajstić information content (AvgIpc) is 2.44. The summed E-state index contributed by atoms with van der Waals surface area (Å²) >= 11 is 0. The summed E-state index contributed by atoms with van der Waals surface area (Å²) in [6, 6.07) is 6.36. The number of rotatable bonds is 4. The number of anilines is 3. The van der Waals surface area contributed by atoms with Gasteiger partial charge in [-0.3, -0.25) is 0 Å². The standard InChI is InChI=1S/C12H13F3N6/c13-12(14,15)8-3-1-7(2-4-8)6-18-9-5-10(21-17)20-11(16)19-9/h1-5H,6,17H2,(H4,16,18,19,20,21). The lowest BCUT2D eigenvalue weighted by molar-refractivity contribution is -0.137. The minimum Gasteiger partial charge on any atom is -0.368 e. The van der Waals surface area contributed by atoms with Crippen LogP contribution in [0.25, 0.3) is 0 Å². The number of hydrogen-bond acceptors (Lipinski definition) is 6. The van der Waals surface area contributed by atoms with E-state index in [1.807, 2.05) is 0 Å². The largest absolute Gasteiger partial charge is 0.416 e. The van der Waals surface area contributed by atoms with Gasteiger partial charge in [0.1, 0.15) is 11.6 Å². The molecule has 0 unspecified atom stereocenters. The fourth-order valence-electron chi connectivity index (χ4n) is 1.63. The summed E-state index contributed by atoms with van der Waals surface area (Å²) in [7, 11) is 0. The topological polar surface area (TPSA) is 102 Å². The van der Waals surface area contributed by atoms with Crippen molar-refractivity contribution in [2.45, 2.75) is 12.7 Å². The van der Waals surface area contributed by atoms with Crippen LogP contribution in [0.1, 0.15) is 11.1 Å². The fraction of sp³-hybridized carbons (Fsp3) is 0.167. The molecule has 6 N–H and O–H groups in total. The molecule has 0 radical (unpaired) electrons. The SMILES string of the molecule is NNc1cc(NCc2ccc(C(F)(F)F)cc2)nc(N)n1. The molecule has 0 atom stereocenters. The molecule has 1 aromatic carbocycles. The highest BCUT2D eigenvalue weighted by molar-refractivity contribution is 5.50. The lowest BCUT2D eigenvalue weighted by Crippen LogP contribution is -2.12. The Morgan fingerprint density at radius 1 is 1.05 bits per heavy atom. The predicted octanol–water partition coefficient (Wildman–Crippen LogP) is 1.98. The van der Waals surface area contributed by atoms with Gasteiger partial charge in [0.05, 0.1) is 5.56 Å². The third-order valence-electron chi connectivity index (χ3n) is 2.65. The van der Waals surface area contributed by atoms with E-state index in [0.717, 1.165) is 12.1 Å². The van der Waals surface area contributed by atoms with E-state index >= 15 is 0 Å². The zero-order valence-electron chi connectivity index (χ0n) is 10.8. The number of benzene rings is 1. The zero-order valence-corrected chi connectivity index (χ0v) is 10.8. The van der Waals surface area contributed by atoms with Gasteiger partial charge in [-0.15, -0.1) is 0 Å². The van der Waals surface area contributed by atoms with Crippen LogP contribution in [0.4, 0.5) is 30.8 Å². The normalized spacial score (nSPS) is 11.2. The minimum atomic E-state index is -4.34. The summed E-state index contributed by atoms with van der Waals surface area (Å²) in [4.78, 5) is 7.75. The molecule has 0 saturated heterocycles. The predicted molar refractivity (Wildman–Crippen MR) is 73.0 cm³/mol. The Bertz CT molecular complexity index is 611. The molecule has 0 fully saturated rings. The molecular formula is C12H13F3N6. The number of aromatic nitrogens is 2. The van der Waals surface area contributed by atoms with Crippen LogP contribution < -0.4 is 22.3 Å². The lowest BCUT2D eigenvalue weighted by atomic mass is 10.1. The van der Waals surface area contributed by atoms with E-state index < -0.39 is 11.7 Å². The zero-order chi connectivity index (χ0) is 15.5. The Morgan fingerprint density at radius 3 is 2.24 bits per heavy atom. The van der Waals surface area contributed by atoms with Crippen LogP contribution in [-0.4, -0.2) is 9.97 Å². The van der Waals surface area contributed by atoms with Gasteiger partial charge in [-0.1, -0.05) is 12.1 Å². The number of hydrazine groups is 1. The Morgan fingerprint density at radius 2 is 1.67 bits per heavy atom. The molecule has 1 heterocycles. The van der Waals surface area contributed by atoms with Crippen LogP contribution in [0.5, 0.6) is 0 Å². The highest BCUT2D eigenvalue weighted by atomic mass is 19.4. The highest BCUT2D eigenvalue weighted by Crippen LogP contribution is 2.29. The molecule has 0 spiro atoms. The van der Waals surface area contributed by atoms with Crippen molar-refractivity contribution in [1.82, 2.24) is 9.97 Å². The first kappa shape index (κ1) is 14.9. The molecular weight excluding hydrogens is 285 g/mol. The molecule has 0 aliphatic rings. The molecule has 2 rings (SSSR count). The summed E-state index contributed by atoms with van der Waals surface area (Å²) in [5, 5.41) is 2.93. The van der Waals surface area contributed by atoms with E-state index in [1.165, 1.54) is 18.2 Å². The third-order valence-corrected chi connectivity index (χ3v) is 2.65. The number of alkyl halides is 3. The van der Waals surface area contributed by atoms with Crippen LogP contribution in [-0.2, 0) is 12.7 Å². The molecule has 0 saturated carbocycles. The van der Waals surface area contributed by atoms with Crippen LogP contribution in [0.3, 0.4) is 0 Å². The molecule has 0 amide bonds. The Hall–Kier alpha value is -2.55. The van der Waals surface area contributed by atoms with E-state index in [-0.39, 0.29) is 5.95 Å². The van der Waals surface area contributed by atoms with Gasteiger partial charge in [0.25, 0.3) is 0 Å². The highest BCUT2D eigenvalue weighted by Gasteiger charge is 2.29. The quantitative estimate of drug-likeness (QED) is 0.508. The third kappa shape index (κ3) is 3.96. The molecule has 1 aromatic heterocycles. The minimum absolute atomic E-state index is 0.0281. The van der Waals surface area contributed by atoms with E-state index in [1.54, 1.807) is 0 Å². The summed E-state index contributed by atoms with van der Waals surface area (Å²) in [5.41, 5.74) is 7.80. The van der Waals surface area contributed by atoms with Gasteiger partial charge < -0.3 is 16.5 Å². The van der Waals surface area contributed by atoms with Crippen molar-refractivity contribution in [3.8, 4) is 0 Å². The van der Waals surface area contributed by atoms with Gasteiger partial charge in [-0.05, 0) is 17.7 Å².